The molecule has 116 valence electrons. The molecule has 0 aliphatic rings. The van der Waals surface area contributed by atoms with Crippen LogP contribution in [-0.2, 0) is 19.9 Å². The highest BCUT2D eigenvalue weighted by molar-refractivity contribution is 7.90. The van der Waals surface area contributed by atoms with E-state index in [1.54, 1.807) is 13.8 Å². The molecule has 0 unspecified atom stereocenters. The maximum absolute atomic E-state index is 11.9. The van der Waals surface area contributed by atoms with Crippen LogP contribution in [0.1, 0.15) is 13.8 Å². The Bertz CT molecular complexity index is 649. The van der Waals surface area contributed by atoms with Crippen molar-refractivity contribution in [2.45, 2.75) is 29.3 Å². The monoisotopic (exact) mass is 343 g/mol. The normalized spacial score (nSPS) is 12.8. The number of nitrogens with one attached hydrogen (secondary N) is 1. The number of nitrogens with zero attached hydrogens (tertiary/aromatic N) is 1. The van der Waals surface area contributed by atoms with Crippen LogP contribution >= 0.6 is 12.4 Å². The molecule has 0 aliphatic carbocycles. The van der Waals surface area contributed by atoms with E-state index in [0.717, 1.165) is 18.5 Å². The fraction of sp³-hybridized carbons (Fsp3) is 0.500. The van der Waals surface area contributed by atoms with Gasteiger partial charge in [0.15, 0.2) is 14.9 Å². The number of sulfonamides is 1. The van der Waals surface area contributed by atoms with Crippen molar-refractivity contribution in [2.75, 3.05) is 12.8 Å². The number of aromatic nitrogens is 1. The second-order valence-corrected chi connectivity index (χ2v) is 8.65. The highest BCUT2D eigenvalue weighted by atomic mass is 35.5. The van der Waals surface area contributed by atoms with Crippen molar-refractivity contribution in [1.29, 1.82) is 0 Å². The van der Waals surface area contributed by atoms with E-state index in [-0.39, 0.29) is 28.9 Å². The number of pyridine rings is 1. The zero-order valence-corrected chi connectivity index (χ0v) is 13.8. The van der Waals surface area contributed by atoms with E-state index in [1.165, 1.54) is 6.07 Å². The Morgan fingerprint density at radius 2 is 1.80 bits per heavy atom. The van der Waals surface area contributed by atoms with E-state index in [1.807, 2.05) is 0 Å². The van der Waals surface area contributed by atoms with Crippen molar-refractivity contribution < 1.29 is 16.8 Å². The molecule has 0 fully saturated rings. The zero-order valence-electron chi connectivity index (χ0n) is 11.3. The van der Waals surface area contributed by atoms with E-state index in [9.17, 15) is 16.8 Å². The molecule has 0 saturated carbocycles. The Morgan fingerprint density at radius 3 is 2.15 bits per heavy atom. The standard InChI is InChI=1S/C10H17N3O4S2.ClH/c1-10(2,11)7-13-19(16,17)8-4-5-9(12-6-8)18(3,14)15;/h4-6,13H,7,11H2,1-3H3;1H. The van der Waals surface area contributed by atoms with Crippen LogP contribution in [0.2, 0.25) is 0 Å². The van der Waals surface area contributed by atoms with Gasteiger partial charge in [0, 0.05) is 24.5 Å². The van der Waals surface area contributed by atoms with Gasteiger partial charge in [-0.25, -0.2) is 26.5 Å². The van der Waals surface area contributed by atoms with Crippen LogP contribution in [0.4, 0.5) is 0 Å². The van der Waals surface area contributed by atoms with Gasteiger partial charge in [0.05, 0.1) is 0 Å². The summed E-state index contributed by atoms with van der Waals surface area (Å²) < 4.78 is 48.5. The first-order valence-electron chi connectivity index (χ1n) is 5.36. The summed E-state index contributed by atoms with van der Waals surface area (Å²) in [7, 11) is -7.19. The Hall–Kier alpha value is -0.740. The van der Waals surface area contributed by atoms with Crippen molar-refractivity contribution >= 4 is 32.3 Å². The quantitative estimate of drug-likeness (QED) is 0.771. The van der Waals surface area contributed by atoms with Gasteiger partial charge >= 0.3 is 0 Å². The molecular formula is C10H18ClN3O4S2. The molecule has 0 aromatic carbocycles. The summed E-state index contributed by atoms with van der Waals surface area (Å²) in [6, 6.07) is 2.34. The van der Waals surface area contributed by atoms with Crippen LogP contribution in [-0.4, -0.2) is 40.2 Å². The van der Waals surface area contributed by atoms with E-state index >= 15 is 0 Å². The summed E-state index contributed by atoms with van der Waals surface area (Å²) in [5, 5.41) is -0.175. The molecule has 1 aromatic heterocycles. The molecule has 0 spiro atoms. The van der Waals surface area contributed by atoms with Crippen molar-refractivity contribution in [1.82, 2.24) is 9.71 Å². The Balaban J connectivity index is 0.00000361. The number of sulfone groups is 1. The molecule has 3 N–H and O–H groups in total. The maximum Gasteiger partial charge on any atom is 0.242 e. The topological polar surface area (TPSA) is 119 Å². The predicted molar refractivity (Wildman–Crippen MR) is 78.0 cm³/mol. The Kier molecular flexibility index (Phi) is 6.12. The first-order valence-corrected chi connectivity index (χ1v) is 8.74. The van der Waals surface area contributed by atoms with Gasteiger partial charge in [-0.3, -0.25) is 0 Å². The summed E-state index contributed by atoms with van der Waals surface area (Å²) in [5.74, 6) is 0. The molecule has 0 amide bonds. The van der Waals surface area contributed by atoms with Gasteiger partial charge in [0.25, 0.3) is 0 Å². The third kappa shape index (κ3) is 5.71. The first kappa shape index (κ1) is 19.3. The number of halogens is 1. The van der Waals surface area contributed by atoms with E-state index in [0.29, 0.717) is 0 Å². The molecule has 1 rings (SSSR count). The SMILES string of the molecule is CC(C)(N)CNS(=O)(=O)c1ccc(S(C)(=O)=O)nc1.Cl. The lowest BCUT2D eigenvalue weighted by Crippen LogP contribution is -2.45. The smallest absolute Gasteiger partial charge is 0.242 e. The molecule has 0 atom stereocenters. The summed E-state index contributed by atoms with van der Waals surface area (Å²) in [6.45, 7) is 3.42. The lowest BCUT2D eigenvalue weighted by molar-refractivity contribution is 0.497. The number of rotatable bonds is 5. The summed E-state index contributed by atoms with van der Waals surface area (Å²) in [6.07, 6.45) is 2.00. The molecular weight excluding hydrogens is 326 g/mol. The van der Waals surface area contributed by atoms with Crippen LogP contribution < -0.4 is 10.5 Å². The van der Waals surface area contributed by atoms with Crippen LogP contribution in [0.15, 0.2) is 28.3 Å². The second-order valence-electron chi connectivity index (χ2n) is 4.92. The van der Waals surface area contributed by atoms with Crippen LogP contribution in [0.5, 0.6) is 0 Å². The molecule has 7 nitrogen and oxygen atoms in total. The molecule has 0 aliphatic heterocycles. The molecule has 0 radical (unpaired) electrons. The van der Waals surface area contributed by atoms with Gasteiger partial charge in [-0.15, -0.1) is 12.4 Å². The van der Waals surface area contributed by atoms with Gasteiger partial charge < -0.3 is 5.73 Å². The zero-order chi connectivity index (χ0) is 14.9. The van der Waals surface area contributed by atoms with Crippen molar-refractivity contribution in [3.63, 3.8) is 0 Å². The predicted octanol–water partition coefficient (Wildman–Crippen LogP) is -0.0775. The summed E-state index contributed by atoms with van der Waals surface area (Å²) in [4.78, 5) is 3.52. The van der Waals surface area contributed by atoms with Gasteiger partial charge in [-0.2, -0.15) is 0 Å². The van der Waals surface area contributed by atoms with E-state index < -0.39 is 25.4 Å². The largest absolute Gasteiger partial charge is 0.324 e. The Labute approximate surface area is 125 Å². The third-order valence-corrected chi connectivity index (χ3v) is 4.50. The molecule has 0 saturated heterocycles. The molecule has 20 heavy (non-hydrogen) atoms. The molecule has 1 heterocycles. The number of hydrogen-bond donors (Lipinski definition) is 2. The highest BCUT2D eigenvalue weighted by Gasteiger charge is 2.19. The number of hydrogen-bond acceptors (Lipinski definition) is 6. The van der Waals surface area contributed by atoms with Gasteiger partial charge in [-0.05, 0) is 26.0 Å². The van der Waals surface area contributed by atoms with E-state index in [2.05, 4.69) is 9.71 Å². The van der Waals surface area contributed by atoms with Crippen LogP contribution in [0.3, 0.4) is 0 Å². The fourth-order valence-corrected chi connectivity index (χ4v) is 2.84. The van der Waals surface area contributed by atoms with Crippen molar-refractivity contribution in [2.24, 2.45) is 5.73 Å². The summed E-state index contributed by atoms with van der Waals surface area (Å²) in [5.41, 5.74) is 4.99. The first-order chi connectivity index (χ1) is 8.42. The summed E-state index contributed by atoms with van der Waals surface area (Å²) >= 11 is 0. The molecule has 1 aromatic rings. The van der Waals surface area contributed by atoms with Crippen LogP contribution in [0, 0.1) is 0 Å². The highest BCUT2D eigenvalue weighted by Crippen LogP contribution is 2.11. The van der Waals surface area contributed by atoms with Gasteiger partial charge in [0.2, 0.25) is 10.0 Å². The Morgan fingerprint density at radius 1 is 1.25 bits per heavy atom. The van der Waals surface area contributed by atoms with Crippen molar-refractivity contribution in [3.05, 3.63) is 18.3 Å². The lowest BCUT2D eigenvalue weighted by Gasteiger charge is -2.18. The maximum atomic E-state index is 11.9. The molecule has 10 heteroatoms. The van der Waals surface area contributed by atoms with Gasteiger partial charge in [0.1, 0.15) is 4.90 Å². The number of nitrogens with two attached hydrogens (primary N) is 1. The van der Waals surface area contributed by atoms with E-state index in [4.69, 9.17) is 5.73 Å². The average Bonchev–Trinajstić information content (AvgIpc) is 2.25. The third-order valence-electron chi connectivity index (χ3n) is 2.12. The fourth-order valence-electron chi connectivity index (χ4n) is 1.11. The molecule has 0 bridgehead atoms. The van der Waals surface area contributed by atoms with Crippen molar-refractivity contribution in [3.8, 4) is 0 Å². The minimum absolute atomic E-state index is 0. The van der Waals surface area contributed by atoms with Gasteiger partial charge in [-0.1, -0.05) is 0 Å². The minimum atomic E-state index is -3.74. The van der Waals surface area contributed by atoms with Crippen LogP contribution in [0.25, 0.3) is 0 Å². The lowest BCUT2D eigenvalue weighted by atomic mass is 10.1. The second kappa shape index (κ2) is 6.35. The average molecular weight is 344 g/mol. The minimum Gasteiger partial charge on any atom is -0.324 e.